The Bertz CT molecular complexity index is 546. The summed E-state index contributed by atoms with van der Waals surface area (Å²) in [5.41, 5.74) is 0.747. The molecule has 7 atom stereocenters. The van der Waals surface area contributed by atoms with Crippen LogP contribution in [0.3, 0.4) is 0 Å². The predicted octanol–water partition coefficient (Wildman–Crippen LogP) is 3.67. The second-order valence-corrected chi connectivity index (χ2v) is 8.06. The molecule has 1 fully saturated rings. The number of allylic oxidation sites excluding steroid dienone is 5. The summed E-state index contributed by atoms with van der Waals surface area (Å²) >= 11 is 0. The molecule has 1 saturated carbocycles. The number of rotatable bonds is 3. The van der Waals surface area contributed by atoms with Crippen molar-refractivity contribution in [1.29, 1.82) is 0 Å². The summed E-state index contributed by atoms with van der Waals surface area (Å²) in [7, 11) is 3.54. The van der Waals surface area contributed by atoms with Gasteiger partial charge in [0, 0.05) is 19.7 Å². The SMILES string of the molecule is C/C(=C\C=C\[C@@H]1[C@@H]2[C@H](C)[C@@H](O)[C@H](C)C[C@@H]2C=C[C@H]1C)C(=O)N(C)C. The van der Waals surface area contributed by atoms with E-state index in [1.807, 2.05) is 19.1 Å². The predicted molar refractivity (Wildman–Crippen MR) is 99.3 cm³/mol. The largest absolute Gasteiger partial charge is 0.393 e. The lowest BCUT2D eigenvalue weighted by Crippen LogP contribution is -2.46. The van der Waals surface area contributed by atoms with Crippen molar-refractivity contribution in [3.8, 4) is 0 Å². The van der Waals surface area contributed by atoms with Crippen molar-refractivity contribution >= 4 is 5.91 Å². The number of aliphatic hydroxyl groups excluding tert-OH is 1. The molecule has 3 nitrogen and oxygen atoms in total. The van der Waals surface area contributed by atoms with E-state index < -0.39 is 0 Å². The Labute approximate surface area is 147 Å². The monoisotopic (exact) mass is 331 g/mol. The van der Waals surface area contributed by atoms with Gasteiger partial charge in [-0.1, -0.05) is 51.2 Å². The van der Waals surface area contributed by atoms with Gasteiger partial charge >= 0.3 is 0 Å². The minimum absolute atomic E-state index is 0.0457. The van der Waals surface area contributed by atoms with Crippen LogP contribution < -0.4 is 0 Å². The molecule has 0 radical (unpaired) electrons. The van der Waals surface area contributed by atoms with E-state index in [2.05, 4.69) is 39.0 Å². The molecule has 24 heavy (non-hydrogen) atoms. The number of fused-ring (bicyclic) bond motifs is 1. The van der Waals surface area contributed by atoms with E-state index in [4.69, 9.17) is 0 Å². The fourth-order valence-corrected chi connectivity index (χ4v) is 4.56. The zero-order valence-corrected chi connectivity index (χ0v) is 15.9. The minimum Gasteiger partial charge on any atom is -0.393 e. The topological polar surface area (TPSA) is 40.5 Å². The zero-order chi connectivity index (χ0) is 18.0. The molecule has 0 saturated heterocycles. The molecule has 1 amide bonds. The van der Waals surface area contributed by atoms with Crippen LogP contribution in [0.25, 0.3) is 0 Å². The average molecular weight is 332 g/mol. The lowest BCUT2D eigenvalue weighted by molar-refractivity contribution is -0.124. The van der Waals surface area contributed by atoms with Crippen LogP contribution in [0.1, 0.15) is 34.1 Å². The fourth-order valence-electron chi connectivity index (χ4n) is 4.56. The van der Waals surface area contributed by atoms with Gasteiger partial charge in [0.15, 0.2) is 0 Å². The summed E-state index contributed by atoms with van der Waals surface area (Å²) in [6.45, 7) is 8.46. The molecule has 1 N–H and O–H groups in total. The van der Waals surface area contributed by atoms with Crippen molar-refractivity contribution in [2.45, 2.75) is 40.2 Å². The summed E-state index contributed by atoms with van der Waals surface area (Å²) in [6.07, 6.45) is 11.7. The summed E-state index contributed by atoms with van der Waals surface area (Å²) in [5, 5.41) is 10.5. The second kappa shape index (κ2) is 7.69. The molecule has 0 spiro atoms. The maximum atomic E-state index is 11.9. The Morgan fingerprint density at radius 3 is 2.50 bits per heavy atom. The maximum Gasteiger partial charge on any atom is 0.248 e. The van der Waals surface area contributed by atoms with Gasteiger partial charge in [0.05, 0.1) is 6.10 Å². The highest BCUT2D eigenvalue weighted by molar-refractivity contribution is 5.92. The van der Waals surface area contributed by atoms with Crippen LogP contribution in [0.15, 0.2) is 36.0 Å². The highest BCUT2D eigenvalue weighted by Gasteiger charge is 2.44. The summed E-state index contributed by atoms with van der Waals surface area (Å²) in [6, 6.07) is 0. The molecule has 0 aromatic carbocycles. The number of carbonyl (C=O) groups excluding carboxylic acids is 1. The van der Waals surface area contributed by atoms with Gasteiger partial charge < -0.3 is 10.0 Å². The quantitative estimate of drug-likeness (QED) is 0.487. The molecule has 0 bridgehead atoms. The van der Waals surface area contributed by atoms with Gasteiger partial charge in [-0.25, -0.2) is 0 Å². The Kier molecular flexibility index (Phi) is 6.08. The average Bonchev–Trinajstić information content (AvgIpc) is 2.53. The third-order valence-electron chi connectivity index (χ3n) is 6.00. The first-order chi connectivity index (χ1) is 11.2. The first-order valence-corrected chi connectivity index (χ1v) is 9.17. The lowest BCUT2D eigenvalue weighted by atomic mass is 9.58. The zero-order valence-electron chi connectivity index (χ0n) is 15.9. The Hall–Kier alpha value is -1.35. The van der Waals surface area contributed by atoms with Crippen LogP contribution in [0.5, 0.6) is 0 Å². The second-order valence-electron chi connectivity index (χ2n) is 8.06. The van der Waals surface area contributed by atoms with Crippen molar-refractivity contribution in [2.24, 2.45) is 35.5 Å². The van der Waals surface area contributed by atoms with Crippen LogP contribution in [-0.2, 0) is 4.79 Å². The molecule has 0 aromatic rings. The number of nitrogens with zero attached hydrogens (tertiary/aromatic N) is 1. The number of aliphatic hydroxyl groups is 1. The molecule has 134 valence electrons. The molecule has 0 heterocycles. The first-order valence-electron chi connectivity index (χ1n) is 9.17. The van der Waals surface area contributed by atoms with Gasteiger partial charge in [0.2, 0.25) is 5.91 Å². The van der Waals surface area contributed by atoms with Crippen molar-refractivity contribution < 1.29 is 9.90 Å². The van der Waals surface area contributed by atoms with E-state index in [1.165, 1.54) is 0 Å². The summed E-state index contributed by atoms with van der Waals surface area (Å²) in [4.78, 5) is 13.5. The fraction of sp³-hybridized carbons (Fsp3) is 0.667. The van der Waals surface area contributed by atoms with E-state index in [-0.39, 0.29) is 12.0 Å². The van der Waals surface area contributed by atoms with Crippen LogP contribution in [-0.4, -0.2) is 36.1 Å². The molecule has 0 aromatic heterocycles. The van der Waals surface area contributed by atoms with Gasteiger partial charge in [-0.05, 0) is 48.9 Å². The van der Waals surface area contributed by atoms with Crippen molar-refractivity contribution in [1.82, 2.24) is 4.90 Å². The van der Waals surface area contributed by atoms with Crippen molar-refractivity contribution in [2.75, 3.05) is 14.1 Å². The third kappa shape index (κ3) is 3.83. The highest BCUT2D eigenvalue weighted by Crippen LogP contribution is 2.48. The van der Waals surface area contributed by atoms with E-state index in [0.717, 1.165) is 12.0 Å². The number of likely N-dealkylation sites (N-methyl/N-ethyl adjacent to an activating group) is 1. The molecular weight excluding hydrogens is 298 g/mol. The molecule has 0 unspecified atom stereocenters. The minimum atomic E-state index is -0.214. The van der Waals surface area contributed by atoms with Gasteiger partial charge in [-0.15, -0.1) is 0 Å². The first kappa shape index (κ1) is 19.0. The molecule has 2 aliphatic rings. The van der Waals surface area contributed by atoms with Crippen LogP contribution in [0.4, 0.5) is 0 Å². The van der Waals surface area contributed by atoms with Gasteiger partial charge in [0.25, 0.3) is 0 Å². The van der Waals surface area contributed by atoms with Crippen molar-refractivity contribution in [3.05, 3.63) is 36.0 Å². The molecular formula is C21H33NO2. The molecule has 2 aliphatic carbocycles. The number of hydrogen-bond donors (Lipinski definition) is 1. The normalized spacial score (nSPS) is 39.8. The summed E-state index contributed by atoms with van der Waals surface area (Å²) < 4.78 is 0. The Balaban J connectivity index is 2.19. The molecule has 3 heteroatoms. The van der Waals surface area contributed by atoms with E-state index in [0.29, 0.717) is 35.5 Å². The maximum absolute atomic E-state index is 11.9. The highest BCUT2D eigenvalue weighted by atomic mass is 16.3. The molecule has 0 aliphatic heterocycles. The van der Waals surface area contributed by atoms with Crippen LogP contribution in [0, 0.1) is 35.5 Å². The van der Waals surface area contributed by atoms with Crippen LogP contribution in [0.2, 0.25) is 0 Å². The standard InChI is InChI=1S/C21H33NO2/c1-13-10-11-17-12-15(3)20(23)16(4)19(17)18(13)9-7-8-14(2)21(24)22(5)6/h7-11,13,15-20,23H,12H2,1-6H3/b9-7+,14-8+/t13-,15-,16+,17+,18+,19-,20+/m1/s1. The van der Waals surface area contributed by atoms with Crippen LogP contribution >= 0.6 is 0 Å². The summed E-state index contributed by atoms with van der Waals surface area (Å²) in [5.74, 6) is 2.62. The van der Waals surface area contributed by atoms with Gasteiger partial charge in [-0.3, -0.25) is 4.79 Å². The Morgan fingerprint density at radius 2 is 1.88 bits per heavy atom. The van der Waals surface area contributed by atoms with Gasteiger partial charge in [-0.2, -0.15) is 0 Å². The third-order valence-corrected chi connectivity index (χ3v) is 6.00. The number of amides is 1. The number of carbonyl (C=O) groups is 1. The Morgan fingerprint density at radius 1 is 1.21 bits per heavy atom. The van der Waals surface area contributed by atoms with E-state index >= 15 is 0 Å². The smallest absolute Gasteiger partial charge is 0.248 e. The molecule has 2 rings (SSSR count). The lowest BCUT2D eigenvalue weighted by Gasteiger charge is -2.48. The van der Waals surface area contributed by atoms with E-state index in [1.54, 1.807) is 19.0 Å². The van der Waals surface area contributed by atoms with Crippen molar-refractivity contribution in [3.63, 3.8) is 0 Å². The number of hydrogen-bond acceptors (Lipinski definition) is 2. The van der Waals surface area contributed by atoms with Gasteiger partial charge in [0.1, 0.15) is 0 Å². The van der Waals surface area contributed by atoms with E-state index in [9.17, 15) is 9.90 Å².